The molecule has 3 atom stereocenters. The van der Waals surface area contributed by atoms with Crippen molar-refractivity contribution in [3.05, 3.63) is 32.9 Å². The molecule has 2 aliphatic rings. The highest BCUT2D eigenvalue weighted by atomic mass is 127. The lowest BCUT2D eigenvalue weighted by atomic mass is 9.87. The number of carbonyl (C=O) groups excluding carboxylic acids is 2. The van der Waals surface area contributed by atoms with Gasteiger partial charge in [0.2, 0.25) is 11.8 Å². The SMILES string of the molecule is COc1cc(CO)cc(I)c1O[C@H]1C=C(C(=O)NCCO)C[C@@H](N(CCC(C)C)C(=O)C2CC2)[C@@H]1O. The van der Waals surface area contributed by atoms with E-state index in [1.165, 1.54) is 7.11 Å². The third-order valence-corrected chi connectivity index (χ3v) is 7.30. The molecular formula is C26H37IN2O7. The molecule has 0 spiro atoms. The fourth-order valence-electron chi connectivity index (χ4n) is 4.30. The molecular weight excluding hydrogens is 579 g/mol. The Balaban J connectivity index is 1.97. The summed E-state index contributed by atoms with van der Waals surface area (Å²) < 4.78 is 12.4. The topological polar surface area (TPSA) is 129 Å². The molecule has 0 heterocycles. The van der Waals surface area contributed by atoms with Gasteiger partial charge >= 0.3 is 0 Å². The first-order chi connectivity index (χ1) is 17.2. The molecule has 10 heteroatoms. The van der Waals surface area contributed by atoms with Gasteiger partial charge < -0.3 is 35.0 Å². The standard InChI is InChI=1S/C26H37IN2O7/c1-15(2)6-8-29(26(34)17-4-5-17)20-12-18(25(33)28-7-9-30)13-21(23(20)32)36-24-19(27)10-16(14-31)11-22(24)35-3/h10-11,13,15,17,20-21,23,30-32H,4-9,12,14H2,1-3H3,(H,28,33)/t20-,21+,23+/m1/s1. The molecule has 1 aromatic carbocycles. The molecule has 1 aromatic rings. The Morgan fingerprint density at radius 3 is 2.56 bits per heavy atom. The Hall–Kier alpha value is -1.89. The summed E-state index contributed by atoms with van der Waals surface area (Å²) >= 11 is 2.08. The van der Waals surface area contributed by atoms with Crippen LogP contribution in [0, 0.1) is 15.4 Å². The molecule has 0 aliphatic heterocycles. The van der Waals surface area contributed by atoms with Gasteiger partial charge in [-0.3, -0.25) is 9.59 Å². The van der Waals surface area contributed by atoms with Crippen LogP contribution in [0.15, 0.2) is 23.8 Å². The highest BCUT2D eigenvalue weighted by molar-refractivity contribution is 14.1. The number of aliphatic hydroxyl groups excluding tert-OH is 3. The van der Waals surface area contributed by atoms with E-state index in [1.54, 1.807) is 23.1 Å². The van der Waals surface area contributed by atoms with Gasteiger partial charge in [-0.15, -0.1) is 0 Å². The van der Waals surface area contributed by atoms with Crippen molar-refractivity contribution >= 4 is 34.4 Å². The fourth-order valence-corrected chi connectivity index (χ4v) is 5.09. The van der Waals surface area contributed by atoms with Crippen molar-refractivity contribution in [1.29, 1.82) is 0 Å². The van der Waals surface area contributed by atoms with Crippen molar-refractivity contribution in [2.24, 2.45) is 11.8 Å². The number of halogens is 1. The molecule has 3 rings (SSSR count). The van der Waals surface area contributed by atoms with Crippen LogP contribution in [-0.2, 0) is 16.2 Å². The monoisotopic (exact) mass is 616 g/mol. The third kappa shape index (κ3) is 7.11. The summed E-state index contributed by atoms with van der Waals surface area (Å²) in [6.45, 7) is 4.39. The van der Waals surface area contributed by atoms with E-state index < -0.39 is 18.2 Å². The van der Waals surface area contributed by atoms with Crippen molar-refractivity contribution in [2.75, 3.05) is 26.8 Å². The zero-order chi connectivity index (χ0) is 26.4. The maximum absolute atomic E-state index is 13.3. The number of ether oxygens (including phenoxy) is 2. The van der Waals surface area contributed by atoms with E-state index in [9.17, 15) is 19.8 Å². The second-order valence-electron chi connectivity index (χ2n) is 9.77. The van der Waals surface area contributed by atoms with Crippen LogP contribution in [0.2, 0.25) is 0 Å². The number of hydrogen-bond acceptors (Lipinski definition) is 7. The summed E-state index contributed by atoms with van der Waals surface area (Å²) in [5, 5.41) is 32.9. The first-order valence-electron chi connectivity index (χ1n) is 12.4. The van der Waals surface area contributed by atoms with Gasteiger partial charge in [0, 0.05) is 31.0 Å². The first-order valence-corrected chi connectivity index (χ1v) is 13.5. The number of carbonyl (C=O) groups is 2. The highest BCUT2D eigenvalue weighted by Gasteiger charge is 2.44. The number of benzene rings is 1. The molecule has 200 valence electrons. The van der Waals surface area contributed by atoms with Gasteiger partial charge in [-0.05, 0) is 71.5 Å². The maximum atomic E-state index is 13.3. The van der Waals surface area contributed by atoms with Gasteiger partial charge in [-0.2, -0.15) is 0 Å². The van der Waals surface area contributed by atoms with Crippen LogP contribution in [0.5, 0.6) is 11.5 Å². The molecule has 0 saturated heterocycles. The summed E-state index contributed by atoms with van der Waals surface area (Å²) in [4.78, 5) is 27.9. The fraction of sp³-hybridized carbons (Fsp3) is 0.615. The van der Waals surface area contributed by atoms with E-state index in [-0.39, 0.29) is 43.9 Å². The number of hydrogen-bond donors (Lipinski definition) is 4. The molecule has 2 aliphatic carbocycles. The Labute approximate surface area is 226 Å². The van der Waals surface area contributed by atoms with Gasteiger partial charge in [-0.25, -0.2) is 0 Å². The molecule has 0 radical (unpaired) electrons. The third-order valence-electron chi connectivity index (χ3n) is 6.50. The Kier molecular flexibility index (Phi) is 10.4. The summed E-state index contributed by atoms with van der Waals surface area (Å²) in [7, 11) is 1.49. The molecule has 2 amide bonds. The normalized spacial score (nSPS) is 21.7. The Morgan fingerprint density at radius 2 is 1.97 bits per heavy atom. The summed E-state index contributed by atoms with van der Waals surface area (Å²) in [5.41, 5.74) is 1.04. The largest absolute Gasteiger partial charge is 0.493 e. The van der Waals surface area contributed by atoms with Gasteiger partial charge in [0.1, 0.15) is 12.2 Å². The van der Waals surface area contributed by atoms with Crippen LogP contribution in [-0.4, -0.2) is 77.1 Å². The lowest BCUT2D eigenvalue weighted by molar-refractivity contribution is -0.140. The van der Waals surface area contributed by atoms with Crippen LogP contribution < -0.4 is 14.8 Å². The number of nitrogens with one attached hydrogen (secondary N) is 1. The van der Waals surface area contributed by atoms with E-state index >= 15 is 0 Å². The zero-order valence-electron chi connectivity index (χ0n) is 21.1. The molecule has 0 bridgehead atoms. The van der Waals surface area contributed by atoms with Crippen molar-refractivity contribution in [1.82, 2.24) is 10.2 Å². The van der Waals surface area contributed by atoms with Crippen LogP contribution in [0.25, 0.3) is 0 Å². The zero-order valence-corrected chi connectivity index (χ0v) is 23.2. The average molecular weight is 616 g/mol. The number of aliphatic hydroxyl groups is 3. The minimum absolute atomic E-state index is 0.00919. The van der Waals surface area contributed by atoms with E-state index in [4.69, 9.17) is 14.6 Å². The molecule has 9 nitrogen and oxygen atoms in total. The number of nitrogens with zero attached hydrogens (tertiary/aromatic N) is 1. The molecule has 0 aromatic heterocycles. The smallest absolute Gasteiger partial charge is 0.247 e. The average Bonchev–Trinajstić information content (AvgIpc) is 3.70. The first kappa shape index (κ1) is 28.7. The van der Waals surface area contributed by atoms with Crippen LogP contribution >= 0.6 is 22.6 Å². The van der Waals surface area contributed by atoms with Crippen LogP contribution in [0.4, 0.5) is 0 Å². The van der Waals surface area contributed by atoms with Gasteiger partial charge in [0.05, 0.1) is 29.9 Å². The van der Waals surface area contributed by atoms with Gasteiger partial charge in [0.25, 0.3) is 0 Å². The second kappa shape index (κ2) is 13.1. The lowest BCUT2D eigenvalue weighted by Crippen LogP contribution is -2.55. The predicted molar refractivity (Wildman–Crippen MR) is 143 cm³/mol. The summed E-state index contributed by atoms with van der Waals surface area (Å²) in [6.07, 6.45) is 2.23. The van der Waals surface area contributed by atoms with E-state index in [0.29, 0.717) is 38.7 Å². The van der Waals surface area contributed by atoms with Gasteiger partial charge in [-0.1, -0.05) is 13.8 Å². The minimum atomic E-state index is -1.08. The van der Waals surface area contributed by atoms with Crippen molar-refractivity contribution in [2.45, 2.75) is 64.4 Å². The quantitative estimate of drug-likeness (QED) is 0.265. The number of rotatable bonds is 12. The molecule has 1 fully saturated rings. The number of amides is 2. The number of methoxy groups -OCH3 is 1. The summed E-state index contributed by atoms with van der Waals surface area (Å²) in [6, 6.07) is 2.78. The van der Waals surface area contributed by atoms with Crippen LogP contribution in [0.3, 0.4) is 0 Å². The highest BCUT2D eigenvalue weighted by Crippen LogP contribution is 2.38. The molecule has 0 unspecified atom stereocenters. The van der Waals surface area contributed by atoms with E-state index in [2.05, 4.69) is 41.8 Å². The van der Waals surface area contributed by atoms with Crippen LogP contribution in [0.1, 0.15) is 45.1 Å². The Morgan fingerprint density at radius 1 is 1.25 bits per heavy atom. The lowest BCUT2D eigenvalue weighted by Gasteiger charge is -2.41. The molecule has 1 saturated carbocycles. The van der Waals surface area contributed by atoms with E-state index in [0.717, 1.165) is 19.3 Å². The molecule has 36 heavy (non-hydrogen) atoms. The maximum Gasteiger partial charge on any atom is 0.247 e. The second-order valence-corrected chi connectivity index (χ2v) is 10.9. The van der Waals surface area contributed by atoms with Gasteiger partial charge in [0.15, 0.2) is 11.5 Å². The van der Waals surface area contributed by atoms with E-state index in [1.807, 2.05) is 0 Å². The minimum Gasteiger partial charge on any atom is -0.493 e. The molecule has 4 N–H and O–H groups in total. The van der Waals surface area contributed by atoms with Crippen molar-refractivity contribution in [3.63, 3.8) is 0 Å². The summed E-state index contributed by atoms with van der Waals surface area (Å²) in [5.74, 6) is 0.753. The predicted octanol–water partition coefficient (Wildman–Crippen LogP) is 1.99. The Bertz CT molecular complexity index is 964. The van der Waals surface area contributed by atoms with Crippen molar-refractivity contribution in [3.8, 4) is 11.5 Å². The van der Waals surface area contributed by atoms with Crippen molar-refractivity contribution < 1.29 is 34.4 Å².